The molecule has 88 valence electrons. The smallest absolute Gasteiger partial charge is 0.234 e. The fraction of sp³-hybridized carbons (Fsp3) is 0.909. The molecule has 0 aromatic carbocycles. The monoisotopic (exact) mass is 213 g/mol. The van der Waals surface area contributed by atoms with Crippen LogP contribution in [0.5, 0.6) is 0 Å². The van der Waals surface area contributed by atoms with E-state index in [0.717, 1.165) is 19.0 Å². The zero-order valence-corrected chi connectivity index (χ0v) is 9.61. The number of primary amides is 1. The maximum atomic E-state index is 10.7. The fourth-order valence-corrected chi connectivity index (χ4v) is 2.22. The number of nitrogens with two attached hydrogens (primary N) is 2. The zero-order valence-electron chi connectivity index (χ0n) is 9.61. The lowest BCUT2D eigenvalue weighted by Crippen LogP contribution is -2.39. The SMILES string of the molecule is CCCC1CCN(CCC(N)C(N)=O)C1. The molecule has 0 bridgehead atoms. The van der Waals surface area contributed by atoms with Crippen LogP contribution < -0.4 is 11.5 Å². The van der Waals surface area contributed by atoms with E-state index in [0.29, 0.717) is 6.42 Å². The molecule has 1 aliphatic heterocycles. The number of carbonyl (C=O) groups excluding carboxylic acids is 1. The van der Waals surface area contributed by atoms with Gasteiger partial charge in [-0.15, -0.1) is 0 Å². The molecule has 0 aromatic heterocycles. The lowest BCUT2D eigenvalue weighted by atomic mass is 10.0. The van der Waals surface area contributed by atoms with Gasteiger partial charge < -0.3 is 16.4 Å². The van der Waals surface area contributed by atoms with E-state index in [9.17, 15) is 4.79 Å². The number of carbonyl (C=O) groups is 1. The minimum absolute atomic E-state index is 0.390. The van der Waals surface area contributed by atoms with Crippen molar-refractivity contribution in [2.24, 2.45) is 17.4 Å². The molecule has 0 spiro atoms. The van der Waals surface area contributed by atoms with Gasteiger partial charge in [-0.3, -0.25) is 4.79 Å². The number of amides is 1. The molecule has 1 amide bonds. The Kier molecular flexibility index (Phi) is 5.05. The van der Waals surface area contributed by atoms with Gasteiger partial charge in [-0.2, -0.15) is 0 Å². The summed E-state index contributed by atoms with van der Waals surface area (Å²) in [5, 5.41) is 0. The summed E-state index contributed by atoms with van der Waals surface area (Å²) in [6, 6.07) is -0.477. The predicted molar refractivity (Wildman–Crippen MR) is 61.2 cm³/mol. The lowest BCUT2D eigenvalue weighted by Gasteiger charge is -2.17. The molecule has 4 N–H and O–H groups in total. The highest BCUT2D eigenvalue weighted by atomic mass is 16.1. The van der Waals surface area contributed by atoms with Gasteiger partial charge in [-0.25, -0.2) is 0 Å². The first-order valence-electron chi connectivity index (χ1n) is 5.90. The van der Waals surface area contributed by atoms with E-state index >= 15 is 0 Å². The van der Waals surface area contributed by atoms with E-state index < -0.39 is 6.04 Å². The molecule has 1 rings (SSSR count). The average molecular weight is 213 g/mol. The van der Waals surface area contributed by atoms with Crippen molar-refractivity contribution in [3.05, 3.63) is 0 Å². The Labute approximate surface area is 92.0 Å². The van der Waals surface area contributed by atoms with Crippen molar-refractivity contribution < 1.29 is 4.79 Å². The number of hydrogen-bond acceptors (Lipinski definition) is 3. The molecule has 0 aromatic rings. The molecule has 0 radical (unpaired) electrons. The van der Waals surface area contributed by atoms with Crippen molar-refractivity contribution in [3.63, 3.8) is 0 Å². The first-order valence-corrected chi connectivity index (χ1v) is 5.90. The zero-order chi connectivity index (χ0) is 11.3. The standard InChI is InChI=1S/C11H23N3O/c1-2-3-9-4-6-14(8-9)7-5-10(12)11(13)15/h9-10H,2-8,12H2,1H3,(H2,13,15). The highest BCUT2D eigenvalue weighted by molar-refractivity contribution is 5.79. The quantitative estimate of drug-likeness (QED) is 0.667. The van der Waals surface area contributed by atoms with Gasteiger partial charge >= 0.3 is 0 Å². The van der Waals surface area contributed by atoms with Gasteiger partial charge in [-0.1, -0.05) is 13.3 Å². The minimum Gasteiger partial charge on any atom is -0.368 e. The van der Waals surface area contributed by atoms with Crippen LogP contribution in [-0.4, -0.2) is 36.5 Å². The molecule has 0 saturated carbocycles. The largest absolute Gasteiger partial charge is 0.368 e. The number of hydrogen-bond donors (Lipinski definition) is 2. The third kappa shape index (κ3) is 4.18. The summed E-state index contributed by atoms with van der Waals surface area (Å²) in [5.41, 5.74) is 10.7. The summed E-state index contributed by atoms with van der Waals surface area (Å²) in [6.07, 6.45) is 4.56. The van der Waals surface area contributed by atoms with Crippen LogP contribution in [0.15, 0.2) is 0 Å². The number of nitrogens with zero attached hydrogens (tertiary/aromatic N) is 1. The summed E-state index contributed by atoms with van der Waals surface area (Å²) in [6.45, 7) is 5.45. The summed E-state index contributed by atoms with van der Waals surface area (Å²) in [4.78, 5) is 13.1. The van der Waals surface area contributed by atoms with E-state index in [1.807, 2.05) is 0 Å². The summed E-state index contributed by atoms with van der Waals surface area (Å²) in [7, 11) is 0. The Morgan fingerprint density at radius 3 is 2.93 bits per heavy atom. The van der Waals surface area contributed by atoms with E-state index in [1.165, 1.54) is 25.8 Å². The van der Waals surface area contributed by atoms with Crippen molar-refractivity contribution in [1.82, 2.24) is 4.90 Å². The number of rotatable bonds is 6. The summed E-state index contributed by atoms with van der Waals surface area (Å²) < 4.78 is 0. The van der Waals surface area contributed by atoms with Gasteiger partial charge in [0.1, 0.15) is 0 Å². The van der Waals surface area contributed by atoms with Crippen LogP contribution in [0.1, 0.15) is 32.6 Å². The van der Waals surface area contributed by atoms with E-state index in [2.05, 4.69) is 11.8 Å². The van der Waals surface area contributed by atoms with Gasteiger partial charge in [0.05, 0.1) is 6.04 Å². The Balaban J connectivity index is 2.16. The normalized spacial score (nSPS) is 24.3. The molecule has 4 nitrogen and oxygen atoms in total. The van der Waals surface area contributed by atoms with Crippen LogP contribution in [0.4, 0.5) is 0 Å². The minimum atomic E-state index is -0.477. The van der Waals surface area contributed by atoms with Crippen LogP contribution >= 0.6 is 0 Å². The van der Waals surface area contributed by atoms with Gasteiger partial charge in [0, 0.05) is 13.1 Å². The summed E-state index contributed by atoms with van der Waals surface area (Å²) in [5.74, 6) is 0.458. The van der Waals surface area contributed by atoms with Crippen LogP contribution in [0.2, 0.25) is 0 Å². The Bertz CT molecular complexity index is 208. The van der Waals surface area contributed by atoms with E-state index in [-0.39, 0.29) is 5.91 Å². The highest BCUT2D eigenvalue weighted by Gasteiger charge is 2.22. The second-order valence-electron chi connectivity index (χ2n) is 4.54. The topological polar surface area (TPSA) is 72.3 Å². The van der Waals surface area contributed by atoms with Crippen molar-refractivity contribution in [2.45, 2.75) is 38.6 Å². The van der Waals surface area contributed by atoms with Crippen molar-refractivity contribution in [3.8, 4) is 0 Å². The molecule has 4 heteroatoms. The van der Waals surface area contributed by atoms with Crippen LogP contribution in [0.3, 0.4) is 0 Å². The maximum absolute atomic E-state index is 10.7. The van der Waals surface area contributed by atoms with Crippen LogP contribution in [-0.2, 0) is 4.79 Å². The maximum Gasteiger partial charge on any atom is 0.234 e. The fourth-order valence-electron chi connectivity index (χ4n) is 2.22. The first kappa shape index (κ1) is 12.5. The molecule has 0 aliphatic carbocycles. The van der Waals surface area contributed by atoms with E-state index in [1.54, 1.807) is 0 Å². The third-order valence-corrected chi connectivity index (χ3v) is 3.19. The molecular formula is C11H23N3O. The molecular weight excluding hydrogens is 190 g/mol. The Morgan fingerprint density at radius 2 is 2.33 bits per heavy atom. The predicted octanol–water partition coefficient (Wildman–Crippen LogP) is 0.311. The molecule has 15 heavy (non-hydrogen) atoms. The van der Waals surface area contributed by atoms with Gasteiger partial charge in [0.25, 0.3) is 0 Å². The van der Waals surface area contributed by atoms with Gasteiger partial charge in [-0.05, 0) is 31.7 Å². The molecule has 1 aliphatic rings. The Hall–Kier alpha value is -0.610. The Morgan fingerprint density at radius 1 is 1.60 bits per heavy atom. The molecule has 1 saturated heterocycles. The second kappa shape index (κ2) is 6.08. The van der Waals surface area contributed by atoms with Gasteiger partial charge in [0.15, 0.2) is 0 Å². The second-order valence-corrected chi connectivity index (χ2v) is 4.54. The van der Waals surface area contributed by atoms with Crippen LogP contribution in [0.25, 0.3) is 0 Å². The summed E-state index contributed by atoms with van der Waals surface area (Å²) >= 11 is 0. The highest BCUT2D eigenvalue weighted by Crippen LogP contribution is 2.20. The lowest BCUT2D eigenvalue weighted by molar-refractivity contribution is -0.119. The van der Waals surface area contributed by atoms with Crippen molar-refractivity contribution >= 4 is 5.91 Å². The number of likely N-dealkylation sites (tertiary alicyclic amines) is 1. The van der Waals surface area contributed by atoms with E-state index in [4.69, 9.17) is 11.5 Å². The van der Waals surface area contributed by atoms with Crippen LogP contribution in [0, 0.1) is 5.92 Å². The van der Waals surface area contributed by atoms with Crippen molar-refractivity contribution in [2.75, 3.05) is 19.6 Å². The average Bonchev–Trinajstić information content (AvgIpc) is 2.62. The van der Waals surface area contributed by atoms with Crippen molar-refractivity contribution in [1.29, 1.82) is 0 Å². The van der Waals surface area contributed by atoms with Gasteiger partial charge in [0.2, 0.25) is 5.91 Å². The first-order chi connectivity index (χ1) is 7.13. The molecule has 1 fully saturated rings. The molecule has 2 unspecified atom stereocenters. The molecule has 1 heterocycles. The third-order valence-electron chi connectivity index (χ3n) is 3.19. The molecule has 2 atom stereocenters.